The van der Waals surface area contributed by atoms with E-state index in [0.717, 1.165) is 11.5 Å². The molecule has 2 rings (SSSR count). The van der Waals surface area contributed by atoms with Gasteiger partial charge in [-0.15, -0.1) is 0 Å². The van der Waals surface area contributed by atoms with Crippen LogP contribution in [0.4, 0.5) is 4.79 Å². The molecule has 0 aromatic carbocycles. The summed E-state index contributed by atoms with van der Waals surface area (Å²) in [5, 5.41) is 9.83. The molecule has 1 spiro atoms. The van der Waals surface area contributed by atoms with Crippen molar-refractivity contribution in [2.24, 2.45) is 5.41 Å². The van der Waals surface area contributed by atoms with Gasteiger partial charge in [0.1, 0.15) is 5.60 Å². The van der Waals surface area contributed by atoms with Gasteiger partial charge in [-0.2, -0.15) is 11.8 Å². The van der Waals surface area contributed by atoms with Crippen molar-refractivity contribution in [1.82, 2.24) is 4.90 Å². The maximum Gasteiger partial charge on any atom is 0.410 e. The van der Waals surface area contributed by atoms with Crippen LogP contribution < -0.4 is 0 Å². The summed E-state index contributed by atoms with van der Waals surface area (Å²) < 4.78 is 5.28. The number of nitrogens with zero attached hydrogens (tertiary/aromatic N) is 1. The fourth-order valence-corrected chi connectivity index (χ4v) is 3.59. The third kappa shape index (κ3) is 2.15. The predicted molar refractivity (Wildman–Crippen MR) is 63.6 cm³/mol. The molecule has 0 unspecified atom stereocenters. The molecule has 16 heavy (non-hydrogen) atoms. The largest absolute Gasteiger partial charge is 0.444 e. The second-order valence-electron chi connectivity index (χ2n) is 5.73. The van der Waals surface area contributed by atoms with Crippen LogP contribution in [0.1, 0.15) is 20.8 Å². The third-order valence-electron chi connectivity index (χ3n) is 3.04. The van der Waals surface area contributed by atoms with Gasteiger partial charge in [0.25, 0.3) is 0 Å². The minimum atomic E-state index is -0.442. The Morgan fingerprint density at radius 2 is 2.12 bits per heavy atom. The molecule has 1 N–H and O–H groups in total. The van der Waals surface area contributed by atoms with Crippen LogP contribution in [0.2, 0.25) is 0 Å². The third-order valence-corrected chi connectivity index (χ3v) is 4.37. The molecule has 1 amide bonds. The van der Waals surface area contributed by atoms with E-state index in [1.54, 1.807) is 16.7 Å². The molecule has 4 nitrogen and oxygen atoms in total. The first-order valence-corrected chi connectivity index (χ1v) is 6.72. The van der Waals surface area contributed by atoms with Crippen LogP contribution in [-0.2, 0) is 4.74 Å². The van der Waals surface area contributed by atoms with Gasteiger partial charge in [-0.3, -0.25) is 0 Å². The Balaban J connectivity index is 1.86. The van der Waals surface area contributed by atoms with Crippen molar-refractivity contribution >= 4 is 17.9 Å². The summed E-state index contributed by atoms with van der Waals surface area (Å²) in [5.74, 6) is 1.75. The predicted octanol–water partition coefficient (Wildman–Crippen LogP) is 1.33. The molecule has 0 aliphatic carbocycles. The first-order valence-electron chi connectivity index (χ1n) is 5.56. The summed E-state index contributed by atoms with van der Waals surface area (Å²) in [6, 6.07) is 0. The first kappa shape index (κ1) is 12.0. The Kier molecular flexibility index (Phi) is 2.87. The van der Waals surface area contributed by atoms with Crippen molar-refractivity contribution in [2.45, 2.75) is 32.5 Å². The topological polar surface area (TPSA) is 49.8 Å². The number of aliphatic hydroxyl groups excluding tert-OH is 1. The lowest BCUT2D eigenvalue weighted by Gasteiger charge is -2.49. The van der Waals surface area contributed by atoms with E-state index < -0.39 is 5.60 Å². The molecular weight excluding hydrogens is 226 g/mol. The van der Waals surface area contributed by atoms with Crippen molar-refractivity contribution in [3.8, 4) is 0 Å². The fraction of sp³-hybridized carbons (Fsp3) is 0.909. The van der Waals surface area contributed by atoms with Gasteiger partial charge in [0.15, 0.2) is 0 Å². The van der Waals surface area contributed by atoms with Crippen LogP contribution in [0.3, 0.4) is 0 Å². The van der Waals surface area contributed by atoms with Crippen LogP contribution in [0.5, 0.6) is 0 Å². The highest BCUT2D eigenvalue weighted by atomic mass is 32.2. The van der Waals surface area contributed by atoms with Gasteiger partial charge in [0.2, 0.25) is 0 Å². The average molecular weight is 245 g/mol. The highest BCUT2D eigenvalue weighted by Gasteiger charge is 2.53. The summed E-state index contributed by atoms with van der Waals surface area (Å²) in [5.41, 5.74) is -0.496. The van der Waals surface area contributed by atoms with E-state index in [0.29, 0.717) is 13.1 Å². The molecule has 0 bridgehead atoms. The highest BCUT2D eigenvalue weighted by molar-refractivity contribution is 7.99. The molecule has 0 aromatic rings. The first-order chi connectivity index (χ1) is 7.32. The van der Waals surface area contributed by atoms with Crippen LogP contribution in [0, 0.1) is 5.41 Å². The summed E-state index contributed by atoms with van der Waals surface area (Å²) >= 11 is 1.76. The van der Waals surface area contributed by atoms with Crippen LogP contribution in [0.25, 0.3) is 0 Å². The Morgan fingerprint density at radius 1 is 1.50 bits per heavy atom. The average Bonchev–Trinajstić information content (AvgIpc) is 2.40. The number of hydrogen-bond acceptors (Lipinski definition) is 4. The molecule has 2 saturated heterocycles. The molecule has 2 aliphatic heterocycles. The van der Waals surface area contributed by atoms with E-state index in [1.165, 1.54) is 0 Å². The van der Waals surface area contributed by atoms with Crippen molar-refractivity contribution in [3.05, 3.63) is 0 Å². The molecule has 1 atom stereocenters. The van der Waals surface area contributed by atoms with Crippen LogP contribution in [0.15, 0.2) is 0 Å². The van der Waals surface area contributed by atoms with Crippen LogP contribution in [-0.4, -0.2) is 52.4 Å². The number of carbonyl (C=O) groups is 1. The smallest absolute Gasteiger partial charge is 0.410 e. The Morgan fingerprint density at radius 3 is 2.56 bits per heavy atom. The Bertz CT molecular complexity index is 294. The maximum absolute atomic E-state index is 11.7. The second kappa shape index (κ2) is 3.81. The number of hydrogen-bond donors (Lipinski definition) is 1. The SMILES string of the molecule is CC(C)(C)OC(=O)N1CC2(CSC[C@H]2O)C1. The van der Waals surface area contributed by atoms with Crippen molar-refractivity contribution in [3.63, 3.8) is 0 Å². The van der Waals surface area contributed by atoms with Gasteiger partial charge in [-0.05, 0) is 20.8 Å². The highest BCUT2D eigenvalue weighted by Crippen LogP contribution is 2.43. The van der Waals surface area contributed by atoms with Gasteiger partial charge in [-0.25, -0.2) is 4.79 Å². The number of thioether (sulfide) groups is 1. The summed E-state index contributed by atoms with van der Waals surface area (Å²) in [6.07, 6.45) is -0.529. The van der Waals surface area contributed by atoms with Gasteiger partial charge in [0, 0.05) is 30.0 Å². The van der Waals surface area contributed by atoms with Crippen molar-refractivity contribution in [1.29, 1.82) is 0 Å². The lowest BCUT2D eigenvalue weighted by molar-refractivity contribution is -0.0679. The van der Waals surface area contributed by atoms with E-state index in [9.17, 15) is 9.90 Å². The van der Waals surface area contributed by atoms with E-state index in [1.807, 2.05) is 20.8 Å². The maximum atomic E-state index is 11.7. The molecule has 5 heteroatoms. The minimum absolute atomic E-state index is 0.0540. The number of carbonyl (C=O) groups excluding carboxylic acids is 1. The van der Waals surface area contributed by atoms with Gasteiger partial charge >= 0.3 is 6.09 Å². The molecule has 0 aromatic heterocycles. The van der Waals surface area contributed by atoms with Gasteiger partial charge in [-0.1, -0.05) is 0 Å². The molecule has 2 fully saturated rings. The molecule has 2 aliphatic rings. The number of likely N-dealkylation sites (tertiary alicyclic amines) is 1. The summed E-state index contributed by atoms with van der Waals surface area (Å²) in [6.45, 7) is 6.86. The van der Waals surface area contributed by atoms with E-state index >= 15 is 0 Å². The number of aliphatic hydroxyl groups is 1. The van der Waals surface area contributed by atoms with Crippen molar-refractivity contribution in [2.75, 3.05) is 24.6 Å². The molecule has 0 saturated carbocycles. The normalized spacial score (nSPS) is 28.0. The number of ether oxygens (including phenoxy) is 1. The lowest BCUT2D eigenvalue weighted by atomic mass is 9.77. The quantitative estimate of drug-likeness (QED) is 0.699. The zero-order chi connectivity index (χ0) is 12.0. The lowest BCUT2D eigenvalue weighted by Crippen LogP contribution is -2.63. The van der Waals surface area contributed by atoms with E-state index in [4.69, 9.17) is 4.74 Å². The second-order valence-corrected chi connectivity index (χ2v) is 6.76. The van der Waals surface area contributed by atoms with Crippen LogP contribution >= 0.6 is 11.8 Å². The zero-order valence-corrected chi connectivity index (χ0v) is 10.8. The standard InChI is InChI=1S/C11H19NO3S/c1-10(2,3)15-9(14)12-5-11(6-12)7-16-4-8(11)13/h8,13H,4-7H2,1-3H3/t8-/m1/s1. The zero-order valence-electron chi connectivity index (χ0n) is 10.0. The summed E-state index contributed by atoms with van der Waals surface area (Å²) in [4.78, 5) is 13.4. The Hall–Kier alpha value is -0.420. The number of amides is 1. The minimum Gasteiger partial charge on any atom is -0.444 e. The van der Waals surface area contributed by atoms with E-state index in [-0.39, 0.29) is 17.6 Å². The molecule has 2 heterocycles. The summed E-state index contributed by atoms with van der Waals surface area (Å²) in [7, 11) is 0. The Labute approximate surface area is 100 Å². The van der Waals surface area contributed by atoms with Crippen molar-refractivity contribution < 1.29 is 14.6 Å². The fourth-order valence-electron chi connectivity index (χ4n) is 2.12. The van der Waals surface area contributed by atoms with Gasteiger partial charge in [0.05, 0.1) is 6.10 Å². The molecule has 92 valence electrons. The number of rotatable bonds is 0. The monoisotopic (exact) mass is 245 g/mol. The van der Waals surface area contributed by atoms with Gasteiger partial charge < -0.3 is 14.7 Å². The van der Waals surface area contributed by atoms with E-state index in [2.05, 4.69) is 0 Å². The molecule has 0 radical (unpaired) electrons. The molecular formula is C11H19NO3S.